The van der Waals surface area contributed by atoms with Crippen molar-refractivity contribution in [2.24, 2.45) is 5.73 Å². The summed E-state index contributed by atoms with van der Waals surface area (Å²) in [5.41, 5.74) is 17.7. The first kappa shape index (κ1) is 124. The highest BCUT2D eigenvalue weighted by atomic mass is 35.5. The molecule has 0 aromatic heterocycles. The van der Waals surface area contributed by atoms with Crippen molar-refractivity contribution in [3.8, 4) is 0 Å². The zero-order valence-corrected chi connectivity index (χ0v) is 87.3. The van der Waals surface area contributed by atoms with Crippen LogP contribution in [-0.4, -0.2) is 175 Å². The number of carbonyl (C=O) groups is 7. The molecule has 0 saturated carbocycles. The molecule has 11 aromatic rings. The number of likely N-dealkylation sites (tertiary alicyclic amines) is 1. The lowest BCUT2D eigenvalue weighted by Crippen LogP contribution is -2.51. The van der Waals surface area contributed by atoms with Gasteiger partial charge >= 0.3 is 18.0 Å². The molecular weight excluding hydrogens is 1980 g/mol. The van der Waals surface area contributed by atoms with Gasteiger partial charge in [-0.3, -0.25) is 19.2 Å². The minimum atomic E-state index is -1.42. The van der Waals surface area contributed by atoms with Crippen LogP contribution in [0.2, 0.25) is 0 Å². The summed E-state index contributed by atoms with van der Waals surface area (Å²) in [6, 6.07) is 54.5. The first-order chi connectivity index (χ1) is 68.9. The van der Waals surface area contributed by atoms with Gasteiger partial charge in [0.2, 0.25) is 0 Å². The lowest BCUT2D eigenvalue weighted by molar-refractivity contribution is 0.00832. The first-order valence-corrected chi connectivity index (χ1v) is 48.7. The van der Waals surface area contributed by atoms with Crippen LogP contribution in [-0.2, 0) is 82.3 Å². The standard InChI is InChI=1S/C34H41F2N3O3.C33H38F2N2O6.C28H30F2N2O4.C19H24F2N2O.3ClH/c1-4-23-8-6-9-24(14-23)20-37-21-32(40)31(17-25-15-28(35)19-29(36)16-25)38-33(41)26-12-22(3)13-27(18-26)34(42)39-11-7-10-30(39)5-2;1-6-21-8-7-9-22(12-21)18-37(32(42)43-33(3,4)5)19-29(38)28(15-23-13-26(34)17-27(35)14-23)36-30(39)24-10-20(2)11-25(16-24)31(40)41;1-3-18-5-4-6-19(9-18)15-31-16-26(33)25(12-20-10-23(29)14-24(30)11-20)32-27(34)21-7-17(2)8-22(13-21)28(35)36;1-2-13-4-3-5-14(6-13)11-23-12-19(24)18(22)9-15-7-16(20)10-17(21)8-15;;;/h6,8-9,12-16,18-19,30-32,37,40H,4-5,7,10-11,17,20-21H2,1-3H3,(H,38,41);7-14,16-17,28-29,38H,6,15,18-19H2,1-5H3,(H,36,39)(H,40,41);4-11,13-14,25-26,31,33H,3,12,15-16H2,1-2H3,(H,32,34)(H,35,36);3-8,10,18-19,23-24H,2,9,11-12,22H2,1H3;3*1H/t30-,31-,32+;28-,29+;25-,26+;18-,19+;;;/m0000.../s1. The molecule has 5 amide bonds. The van der Waals surface area contributed by atoms with E-state index in [1.165, 1.54) is 82.3 Å². The number of hydrogen-bond donors (Lipinski definition) is 13. The van der Waals surface area contributed by atoms with Crippen LogP contribution in [0, 0.1) is 67.3 Å². The number of aromatic carboxylic acids is 2. The molecule has 1 fully saturated rings. The van der Waals surface area contributed by atoms with Crippen molar-refractivity contribution in [2.45, 2.75) is 233 Å². The minimum absolute atomic E-state index is 0. The molecule has 798 valence electrons. The molecule has 9 atom stereocenters. The number of aliphatic hydroxyl groups is 4. The van der Waals surface area contributed by atoms with E-state index in [1.807, 2.05) is 85.5 Å². The van der Waals surface area contributed by atoms with Crippen molar-refractivity contribution in [2.75, 3.05) is 32.7 Å². The molecule has 1 heterocycles. The molecule has 0 unspecified atom stereocenters. The van der Waals surface area contributed by atoms with Crippen molar-refractivity contribution >= 4 is 78.9 Å². The third kappa shape index (κ3) is 41.2. The van der Waals surface area contributed by atoms with Crippen LogP contribution in [0.25, 0.3) is 0 Å². The minimum Gasteiger partial charge on any atom is -0.478 e. The Morgan fingerprint density at radius 1 is 0.385 bits per heavy atom. The van der Waals surface area contributed by atoms with E-state index in [0.29, 0.717) is 66.6 Å². The number of rotatable bonds is 42. The Bertz CT molecular complexity index is 6150. The fourth-order valence-electron chi connectivity index (χ4n) is 17.0. The molecule has 23 nitrogen and oxygen atoms in total. The predicted molar refractivity (Wildman–Crippen MR) is 565 cm³/mol. The van der Waals surface area contributed by atoms with E-state index in [1.54, 1.807) is 52.8 Å². The fourth-order valence-corrected chi connectivity index (χ4v) is 17.0. The molecule has 1 saturated heterocycles. The number of nitrogens with zero attached hydrogens (tertiary/aromatic N) is 2. The van der Waals surface area contributed by atoms with Crippen LogP contribution in [0.1, 0.15) is 220 Å². The number of benzene rings is 11. The Kier molecular flexibility index (Phi) is 51.0. The number of aryl methyl sites for hydroxylation is 7. The Morgan fingerprint density at radius 2 is 0.676 bits per heavy atom. The lowest BCUT2D eigenvalue weighted by Gasteiger charge is -2.32. The normalized spacial score (nSPS) is 13.6. The lowest BCUT2D eigenvalue weighted by atomic mass is 9.99. The molecule has 148 heavy (non-hydrogen) atoms. The van der Waals surface area contributed by atoms with Gasteiger partial charge < -0.3 is 82.8 Å². The van der Waals surface area contributed by atoms with E-state index in [2.05, 4.69) is 89.9 Å². The molecule has 0 radical (unpaired) electrons. The average molecular weight is 2110 g/mol. The van der Waals surface area contributed by atoms with Crippen molar-refractivity contribution < 1.29 is 104 Å². The number of halogens is 11. The maximum absolute atomic E-state index is 14.0. The van der Waals surface area contributed by atoms with E-state index in [4.69, 9.17) is 10.5 Å². The molecule has 1 aliphatic heterocycles. The van der Waals surface area contributed by atoms with Crippen LogP contribution >= 0.6 is 37.2 Å². The number of hydrogen-bond acceptors (Lipinski definition) is 16. The van der Waals surface area contributed by atoms with Gasteiger partial charge in [0.1, 0.15) is 52.1 Å². The van der Waals surface area contributed by atoms with E-state index in [9.17, 15) is 99.3 Å². The van der Waals surface area contributed by atoms with Gasteiger partial charge in [-0.1, -0.05) is 132 Å². The second-order valence-electron chi connectivity index (χ2n) is 37.6. The Morgan fingerprint density at radius 3 is 1.00 bits per heavy atom. The van der Waals surface area contributed by atoms with Crippen LogP contribution < -0.4 is 37.6 Å². The van der Waals surface area contributed by atoms with E-state index < -0.39 is 136 Å². The number of nitrogens with two attached hydrogens (primary N) is 1. The maximum Gasteiger partial charge on any atom is 0.410 e. The summed E-state index contributed by atoms with van der Waals surface area (Å²) >= 11 is 0. The highest BCUT2D eigenvalue weighted by molar-refractivity contribution is 6.01. The maximum atomic E-state index is 14.0. The Balaban J connectivity index is 0.000000305. The smallest absolute Gasteiger partial charge is 0.410 e. The Labute approximate surface area is 878 Å². The predicted octanol–water partition coefficient (Wildman–Crippen LogP) is 18.9. The quantitative estimate of drug-likeness (QED) is 0.0158. The molecule has 14 N–H and O–H groups in total. The second-order valence-corrected chi connectivity index (χ2v) is 37.6. The summed E-state index contributed by atoms with van der Waals surface area (Å²) in [6.45, 7) is 23.3. The van der Waals surface area contributed by atoms with E-state index >= 15 is 0 Å². The molecule has 1 aliphatic rings. The number of nitrogens with one attached hydrogen (secondary N) is 6. The van der Waals surface area contributed by atoms with Gasteiger partial charge in [0, 0.05) is 111 Å². The zero-order valence-electron chi connectivity index (χ0n) is 84.9. The molecule has 0 spiro atoms. The van der Waals surface area contributed by atoms with Gasteiger partial charge in [0.05, 0.1) is 60.2 Å². The highest BCUT2D eigenvalue weighted by Gasteiger charge is 2.34. The average Bonchev–Trinajstić information content (AvgIpc) is 1.19. The van der Waals surface area contributed by atoms with Gasteiger partial charge in [0.15, 0.2) is 0 Å². The summed E-state index contributed by atoms with van der Waals surface area (Å²) in [7, 11) is 0. The third-order valence-corrected chi connectivity index (χ3v) is 24.3. The van der Waals surface area contributed by atoms with Crippen molar-refractivity contribution in [1.29, 1.82) is 0 Å². The molecule has 11 aromatic carbocycles. The molecule has 0 bridgehead atoms. The van der Waals surface area contributed by atoms with Gasteiger partial charge in [-0.15, -0.1) is 37.2 Å². The third-order valence-electron chi connectivity index (χ3n) is 24.3. The summed E-state index contributed by atoms with van der Waals surface area (Å²) < 4.78 is 115. The number of ether oxygens (including phenoxy) is 1. The highest BCUT2D eigenvalue weighted by Crippen LogP contribution is 2.27. The largest absolute Gasteiger partial charge is 0.478 e. The van der Waals surface area contributed by atoms with Crippen molar-refractivity contribution in [1.82, 2.24) is 41.7 Å². The van der Waals surface area contributed by atoms with E-state index in [0.717, 1.165) is 121 Å². The van der Waals surface area contributed by atoms with Crippen molar-refractivity contribution in [3.63, 3.8) is 0 Å². The van der Waals surface area contributed by atoms with Gasteiger partial charge in [-0.2, -0.15) is 0 Å². The number of aliphatic hydroxyl groups excluding tert-OH is 4. The summed E-state index contributed by atoms with van der Waals surface area (Å²) in [5, 5.41) is 80.2. The monoisotopic (exact) mass is 2110 g/mol. The van der Waals surface area contributed by atoms with Crippen LogP contribution in [0.15, 0.2) is 224 Å². The number of carboxylic acids is 2. The molecule has 12 rings (SSSR count). The van der Waals surface area contributed by atoms with E-state index in [-0.39, 0.29) is 140 Å². The first-order valence-electron chi connectivity index (χ1n) is 48.7. The summed E-state index contributed by atoms with van der Waals surface area (Å²) in [6.07, 6.45) is 1.32. The van der Waals surface area contributed by atoms with Gasteiger partial charge in [-0.05, 0) is 299 Å². The van der Waals surface area contributed by atoms with Crippen LogP contribution in [0.3, 0.4) is 0 Å². The van der Waals surface area contributed by atoms with Crippen molar-refractivity contribution in [3.05, 3.63) is 388 Å². The van der Waals surface area contributed by atoms with Gasteiger partial charge in [0.25, 0.3) is 23.6 Å². The Hall–Kier alpha value is -12.5. The second kappa shape index (κ2) is 60.8. The summed E-state index contributed by atoms with van der Waals surface area (Å²) in [4.78, 5) is 92.5. The topological polar surface area (TPSA) is 355 Å². The zero-order chi connectivity index (χ0) is 106. The summed E-state index contributed by atoms with van der Waals surface area (Å²) in [5.74, 6) is -10.2. The molecule has 34 heteroatoms. The number of carboxylic acid groups (broad SMARTS) is 2. The SMILES string of the molecule is CCc1cccc(CN(C[C@@H](O)[C@H](Cc2cc(F)cc(F)c2)NC(=O)c2cc(C)cc(C(=O)O)c2)C(=O)OC(C)(C)C)c1.CCc1cccc(CNC[C@@H](O)[C@@H](N)Cc2cc(F)cc(F)c2)c1.CCc1cccc(CNC[C@@H](O)[C@H](Cc2cc(F)cc(F)c2)NC(=O)c2cc(C)cc(C(=O)N3CCC[C@@H]3CC)c2)c1.CCc1cccc(CNC[C@@H](O)[C@H](Cc2cc(F)cc(F)c2)NC(=O)c2cc(C)cc(C(=O)O)c2)c1.Cl.Cl.Cl. The van der Waals surface area contributed by atoms with Crippen LogP contribution in [0.5, 0.6) is 0 Å². The fraction of sp³-hybridized carbons (Fsp3) is 0.360. The molecule has 0 aliphatic carbocycles. The molecular formula is C114H136Cl3F8N9O14. The number of carbonyl (C=O) groups excluding carboxylic acids is 5. The van der Waals surface area contributed by atoms with Crippen LogP contribution in [0.4, 0.5) is 39.9 Å². The van der Waals surface area contributed by atoms with Gasteiger partial charge in [-0.25, -0.2) is 49.5 Å². The number of amides is 5.